The number of nitrogens with two attached hydrogens (primary N) is 1. The van der Waals surface area contributed by atoms with Crippen molar-refractivity contribution in [3.63, 3.8) is 0 Å². The first-order valence-corrected chi connectivity index (χ1v) is 5.69. The number of carboxylic acid groups (broad SMARTS) is 1. The Morgan fingerprint density at radius 2 is 2.06 bits per heavy atom. The number of rotatable bonds is 3. The number of nitrogens with zero attached hydrogens (tertiary/aromatic N) is 1. The smallest absolute Gasteiger partial charge is 0.326 e. The summed E-state index contributed by atoms with van der Waals surface area (Å²) in [5.41, 5.74) is 4.44. The summed E-state index contributed by atoms with van der Waals surface area (Å²) in [6.45, 7) is 0. The molecule has 1 rings (SSSR count). The van der Waals surface area contributed by atoms with Gasteiger partial charge in [-0.1, -0.05) is 0 Å². The maximum atomic E-state index is 10.7. The van der Waals surface area contributed by atoms with Crippen molar-refractivity contribution in [1.29, 1.82) is 0 Å². The molecule has 0 radical (unpaired) electrons. The molecule has 0 spiro atoms. The van der Waals surface area contributed by atoms with Crippen molar-refractivity contribution in [2.45, 2.75) is 6.04 Å². The van der Waals surface area contributed by atoms with Gasteiger partial charge < -0.3 is 15.9 Å². The Morgan fingerprint density at radius 3 is 2.47 bits per heavy atom. The van der Waals surface area contributed by atoms with Gasteiger partial charge >= 0.3 is 11.7 Å². The van der Waals surface area contributed by atoms with Crippen molar-refractivity contribution >= 4 is 43.5 Å². The largest absolute Gasteiger partial charge is 0.502 e. The van der Waals surface area contributed by atoms with E-state index in [4.69, 9.17) is 10.8 Å². The second-order valence-corrected chi connectivity index (χ2v) is 4.68. The molecule has 1 aromatic rings. The number of nitro benzene ring substituents is 1. The average Bonchev–Trinajstić information content (AvgIpc) is 2.22. The number of carbonyl (C=O) groups is 1. The average molecular weight is 370 g/mol. The van der Waals surface area contributed by atoms with E-state index < -0.39 is 28.4 Å². The Bertz CT molecular complexity index is 505. The van der Waals surface area contributed by atoms with Crippen molar-refractivity contribution in [1.82, 2.24) is 0 Å². The van der Waals surface area contributed by atoms with Gasteiger partial charge in [0.25, 0.3) is 0 Å². The minimum absolute atomic E-state index is 0.0151. The molecule has 1 aromatic carbocycles. The van der Waals surface area contributed by atoms with Gasteiger partial charge in [-0.2, -0.15) is 0 Å². The zero-order valence-electron chi connectivity index (χ0n) is 8.05. The van der Waals surface area contributed by atoms with E-state index in [0.29, 0.717) is 0 Å². The molecular weight excluding hydrogens is 364 g/mol. The van der Waals surface area contributed by atoms with Gasteiger partial charge in [-0.3, -0.25) is 14.9 Å². The Hall–Kier alpha value is -1.19. The summed E-state index contributed by atoms with van der Waals surface area (Å²) < 4.78 is 0.245. The molecule has 92 valence electrons. The van der Waals surface area contributed by atoms with Crippen LogP contribution in [-0.4, -0.2) is 21.1 Å². The molecule has 1 atom stereocenters. The molecule has 17 heavy (non-hydrogen) atoms. The molecule has 4 N–H and O–H groups in total. The predicted octanol–water partition coefficient (Wildman–Crippen LogP) is 1.91. The number of benzene rings is 1. The molecule has 0 bridgehead atoms. The fourth-order valence-corrected chi connectivity index (χ4v) is 2.04. The van der Waals surface area contributed by atoms with Gasteiger partial charge in [-0.15, -0.1) is 0 Å². The first kappa shape index (κ1) is 13.9. The lowest BCUT2D eigenvalue weighted by Gasteiger charge is -2.11. The maximum absolute atomic E-state index is 10.7. The summed E-state index contributed by atoms with van der Waals surface area (Å²) in [4.78, 5) is 20.6. The molecule has 0 amide bonds. The highest BCUT2D eigenvalue weighted by Crippen LogP contribution is 2.43. The maximum Gasteiger partial charge on any atom is 0.326 e. The summed E-state index contributed by atoms with van der Waals surface area (Å²) in [5, 5.41) is 29.1. The van der Waals surface area contributed by atoms with Crippen LogP contribution >= 0.6 is 31.9 Å². The number of phenols is 1. The lowest BCUT2D eigenvalue weighted by atomic mass is 10.1. The van der Waals surface area contributed by atoms with Crippen LogP contribution < -0.4 is 5.73 Å². The highest BCUT2D eigenvalue weighted by molar-refractivity contribution is 9.13. The van der Waals surface area contributed by atoms with Crippen LogP contribution in [0.3, 0.4) is 0 Å². The number of hydrogen-bond acceptors (Lipinski definition) is 5. The van der Waals surface area contributed by atoms with E-state index in [9.17, 15) is 20.0 Å². The number of aliphatic carboxylic acids is 1. The standard InChI is InChI=1S/C8H6Br2N2O5/c9-3-1-2(5(11)8(14)15)7(13)6(4(3)10)12(16)17/h1,5,13H,11H2,(H,14,15)/t5-/m0/s1. The van der Waals surface area contributed by atoms with Gasteiger partial charge in [0, 0.05) is 10.0 Å². The van der Waals surface area contributed by atoms with E-state index >= 15 is 0 Å². The van der Waals surface area contributed by atoms with Crippen LogP contribution in [0.2, 0.25) is 0 Å². The first-order chi connectivity index (χ1) is 7.77. The van der Waals surface area contributed by atoms with Gasteiger partial charge in [0.2, 0.25) is 5.75 Å². The normalized spacial score (nSPS) is 12.2. The van der Waals surface area contributed by atoms with Gasteiger partial charge in [0.1, 0.15) is 10.5 Å². The zero-order chi connectivity index (χ0) is 13.3. The van der Waals surface area contributed by atoms with Gasteiger partial charge in [-0.05, 0) is 37.9 Å². The van der Waals surface area contributed by atoms with Crippen molar-refractivity contribution in [2.24, 2.45) is 5.73 Å². The predicted molar refractivity (Wildman–Crippen MR) is 64.7 cm³/mol. The second kappa shape index (κ2) is 4.98. The van der Waals surface area contributed by atoms with Crippen LogP contribution in [0.5, 0.6) is 5.75 Å². The fraction of sp³-hybridized carbons (Fsp3) is 0.125. The molecule has 0 aliphatic rings. The van der Waals surface area contributed by atoms with E-state index in [1.807, 2.05) is 0 Å². The van der Waals surface area contributed by atoms with Crippen LogP contribution in [0.15, 0.2) is 15.0 Å². The SMILES string of the molecule is N[C@H](C(=O)O)c1cc(Br)c(Br)c([N+](=O)[O-])c1O. The number of hydrogen-bond donors (Lipinski definition) is 3. The number of halogens is 2. The number of aromatic hydroxyl groups is 1. The Labute approximate surface area is 112 Å². The second-order valence-electron chi connectivity index (χ2n) is 3.03. The van der Waals surface area contributed by atoms with Crippen molar-refractivity contribution in [2.75, 3.05) is 0 Å². The molecule has 9 heteroatoms. The van der Waals surface area contributed by atoms with E-state index in [2.05, 4.69) is 31.9 Å². The summed E-state index contributed by atoms with van der Waals surface area (Å²) in [6, 6.07) is -0.330. The molecule has 7 nitrogen and oxygen atoms in total. The highest BCUT2D eigenvalue weighted by atomic mass is 79.9. The van der Waals surface area contributed by atoms with Crippen LogP contribution in [0, 0.1) is 10.1 Å². The lowest BCUT2D eigenvalue weighted by molar-refractivity contribution is -0.386. The van der Waals surface area contributed by atoms with Crippen LogP contribution in [0.1, 0.15) is 11.6 Å². The molecule has 0 aliphatic heterocycles. The minimum Gasteiger partial charge on any atom is -0.502 e. The molecule has 0 unspecified atom stereocenters. The van der Waals surface area contributed by atoms with Gasteiger partial charge in [0.15, 0.2) is 0 Å². The Kier molecular flexibility index (Phi) is 4.07. The molecule has 0 saturated heterocycles. The molecule has 0 saturated carbocycles. The molecule has 0 aromatic heterocycles. The quantitative estimate of drug-likeness (QED) is 0.551. The molecular formula is C8H6Br2N2O5. The number of phenolic OH excluding ortho intramolecular Hbond substituents is 1. The molecule has 0 heterocycles. The molecule has 0 aliphatic carbocycles. The van der Waals surface area contributed by atoms with Gasteiger partial charge in [0.05, 0.1) is 4.92 Å². The summed E-state index contributed by atoms with van der Waals surface area (Å²) >= 11 is 5.92. The van der Waals surface area contributed by atoms with Crippen molar-refractivity contribution in [3.8, 4) is 5.75 Å². The third kappa shape index (κ3) is 2.56. The Balaban J connectivity index is 3.55. The first-order valence-electron chi connectivity index (χ1n) is 4.11. The summed E-state index contributed by atoms with van der Waals surface area (Å²) in [5.74, 6) is -2.16. The van der Waals surface area contributed by atoms with E-state index in [1.165, 1.54) is 6.07 Å². The summed E-state index contributed by atoms with van der Waals surface area (Å²) in [6.07, 6.45) is 0. The molecule has 0 fully saturated rings. The van der Waals surface area contributed by atoms with E-state index in [0.717, 1.165) is 0 Å². The number of nitro groups is 1. The lowest BCUT2D eigenvalue weighted by Crippen LogP contribution is -2.21. The van der Waals surface area contributed by atoms with E-state index in [1.54, 1.807) is 0 Å². The third-order valence-corrected chi connectivity index (χ3v) is 3.94. The van der Waals surface area contributed by atoms with Crippen LogP contribution in [-0.2, 0) is 4.79 Å². The van der Waals surface area contributed by atoms with Crippen molar-refractivity contribution < 1.29 is 19.9 Å². The topological polar surface area (TPSA) is 127 Å². The number of carboxylic acids is 1. The highest BCUT2D eigenvalue weighted by Gasteiger charge is 2.29. The van der Waals surface area contributed by atoms with Crippen LogP contribution in [0.25, 0.3) is 0 Å². The monoisotopic (exact) mass is 368 g/mol. The van der Waals surface area contributed by atoms with Crippen LogP contribution in [0.4, 0.5) is 5.69 Å². The minimum atomic E-state index is -1.54. The fourth-order valence-electron chi connectivity index (χ4n) is 1.16. The zero-order valence-corrected chi connectivity index (χ0v) is 11.2. The third-order valence-electron chi connectivity index (χ3n) is 1.98. The van der Waals surface area contributed by atoms with Gasteiger partial charge in [-0.25, -0.2) is 0 Å². The van der Waals surface area contributed by atoms with E-state index in [-0.39, 0.29) is 14.5 Å². The van der Waals surface area contributed by atoms with Crippen molar-refractivity contribution in [3.05, 3.63) is 30.7 Å². The summed E-state index contributed by atoms with van der Waals surface area (Å²) in [7, 11) is 0. The Morgan fingerprint density at radius 1 is 1.53 bits per heavy atom.